The van der Waals surface area contributed by atoms with E-state index in [2.05, 4.69) is 37.5 Å². The van der Waals surface area contributed by atoms with Crippen LogP contribution in [0, 0.1) is 0 Å². The third-order valence-electron chi connectivity index (χ3n) is 5.83. The van der Waals surface area contributed by atoms with E-state index in [0.29, 0.717) is 11.6 Å². The maximum Gasteiger partial charge on any atom is 0.247 e. The highest BCUT2D eigenvalue weighted by Gasteiger charge is 2.19. The number of fused-ring (bicyclic) bond motifs is 1. The molecule has 0 spiro atoms. The van der Waals surface area contributed by atoms with Gasteiger partial charge in [0.1, 0.15) is 5.69 Å². The Morgan fingerprint density at radius 1 is 0.882 bits per heavy atom. The first kappa shape index (κ1) is 20.4. The number of morpholine rings is 1. The molecule has 1 aliphatic heterocycles. The molecule has 0 unspecified atom stereocenters. The third kappa shape index (κ3) is 3.75. The molecule has 6 rings (SSSR count). The molecule has 11 heteroatoms. The normalized spacial score (nSPS) is 14.1. The standard InChI is InChI=1S/C23H24N10O/c1-30-14-16(11-25-30)21-22(17-12-26-31(2)15-17)33-20(13-24-21)28-23(29-33)27-18-3-5-19(6-4-18)32-7-9-34-10-8-32/h3-6,11-15H,7-10H2,1-2H3,(H,27,29). The number of hydrogen-bond donors (Lipinski definition) is 1. The van der Waals surface area contributed by atoms with E-state index >= 15 is 0 Å². The van der Waals surface area contributed by atoms with Crippen LogP contribution in [0.1, 0.15) is 0 Å². The highest BCUT2D eigenvalue weighted by Crippen LogP contribution is 2.31. The Balaban J connectivity index is 1.36. The summed E-state index contributed by atoms with van der Waals surface area (Å²) in [5.41, 5.74) is 6.09. The fourth-order valence-corrected chi connectivity index (χ4v) is 4.17. The molecule has 0 bridgehead atoms. The summed E-state index contributed by atoms with van der Waals surface area (Å²) in [6.07, 6.45) is 9.19. The minimum Gasteiger partial charge on any atom is -0.378 e. The molecule has 1 N–H and O–H groups in total. The minimum absolute atomic E-state index is 0.495. The number of anilines is 3. The van der Waals surface area contributed by atoms with Crippen LogP contribution in [0.3, 0.4) is 0 Å². The van der Waals surface area contributed by atoms with E-state index in [1.807, 2.05) is 38.6 Å². The summed E-state index contributed by atoms with van der Waals surface area (Å²) in [5, 5.41) is 16.7. The van der Waals surface area contributed by atoms with E-state index < -0.39 is 0 Å². The van der Waals surface area contributed by atoms with Crippen molar-refractivity contribution in [1.29, 1.82) is 0 Å². The van der Waals surface area contributed by atoms with Gasteiger partial charge in [-0.15, -0.1) is 5.10 Å². The van der Waals surface area contributed by atoms with Crippen molar-refractivity contribution in [2.75, 3.05) is 36.5 Å². The molecule has 5 aromatic rings. The molecule has 5 heterocycles. The molecule has 0 atom stereocenters. The molecular formula is C23H24N10O. The number of aryl methyl sites for hydroxylation is 2. The number of hydrogen-bond acceptors (Lipinski definition) is 8. The molecular weight excluding hydrogens is 432 g/mol. The van der Waals surface area contributed by atoms with Crippen LogP contribution in [0.25, 0.3) is 28.2 Å². The second kappa shape index (κ2) is 8.27. The van der Waals surface area contributed by atoms with Crippen molar-refractivity contribution in [3.8, 4) is 22.5 Å². The van der Waals surface area contributed by atoms with Gasteiger partial charge in [0.05, 0.1) is 37.5 Å². The highest BCUT2D eigenvalue weighted by atomic mass is 16.5. The maximum absolute atomic E-state index is 5.45. The zero-order valence-corrected chi connectivity index (χ0v) is 19.0. The molecule has 1 aliphatic rings. The molecule has 1 aromatic carbocycles. The first-order chi connectivity index (χ1) is 16.6. The first-order valence-electron chi connectivity index (χ1n) is 11.1. The van der Waals surface area contributed by atoms with Crippen LogP contribution in [-0.4, -0.2) is 65.4 Å². The molecule has 34 heavy (non-hydrogen) atoms. The van der Waals surface area contributed by atoms with Gasteiger partial charge in [-0.2, -0.15) is 15.2 Å². The lowest BCUT2D eigenvalue weighted by molar-refractivity contribution is 0.122. The van der Waals surface area contributed by atoms with Gasteiger partial charge in [-0.1, -0.05) is 0 Å². The van der Waals surface area contributed by atoms with Crippen LogP contribution in [0.5, 0.6) is 0 Å². The molecule has 0 saturated carbocycles. The molecule has 172 valence electrons. The van der Waals surface area contributed by atoms with Gasteiger partial charge < -0.3 is 15.0 Å². The summed E-state index contributed by atoms with van der Waals surface area (Å²) in [4.78, 5) is 11.7. The predicted octanol–water partition coefficient (Wildman–Crippen LogP) is 2.51. The Labute approximate surface area is 195 Å². The minimum atomic E-state index is 0.495. The number of benzene rings is 1. The zero-order valence-electron chi connectivity index (χ0n) is 19.0. The smallest absolute Gasteiger partial charge is 0.247 e. The number of aromatic nitrogens is 8. The van der Waals surface area contributed by atoms with Crippen molar-refractivity contribution in [1.82, 2.24) is 39.1 Å². The monoisotopic (exact) mass is 456 g/mol. The van der Waals surface area contributed by atoms with Gasteiger partial charge in [-0.25, -0.2) is 9.50 Å². The van der Waals surface area contributed by atoms with Crippen molar-refractivity contribution in [3.05, 3.63) is 55.2 Å². The lowest BCUT2D eigenvalue weighted by Gasteiger charge is -2.28. The van der Waals surface area contributed by atoms with Crippen LogP contribution >= 0.6 is 0 Å². The summed E-state index contributed by atoms with van der Waals surface area (Å²) < 4.78 is 10.8. The van der Waals surface area contributed by atoms with E-state index in [4.69, 9.17) is 14.8 Å². The van der Waals surface area contributed by atoms with Crippen LogP contribution in [0.2, 0.25) is 0 Å². The van der Waals surface area contributed by atoms with Gasteiger partial charge in [0.15, 0.2) is 5.65 Å². The van der Waals surface area contributed by atoms with Gasteiger partial charge in [0.2, 0.25) is 5.95 Å². The first-order valence-corrected chi connectivity index (χ1v) is 11.1. The summed E-state index contributed by atoms with van der Waals surface area (Å²) in [6.45, 7) is 3.34. The molecule has 4 aromatic heterocycles. The lowest BCUT2D eigenvalue weighted by atomic mass is 10.1. The Kier molecular flexibility index (Phi) is 4.95. The van der Waals surface area contributed by atoms with E-state index in [9.17, 15) is 0 Å². The quantitative estimate of drug-likeness (QED) is 0.430. The van der Waals surface area contributed by atoms with Crippen molar-refractivity contribution < 1.29 is 4.74 Å². The van der Waals surface area contributed by atoms with Crippen LogP contribution in [0.4, 0.5) is 17.3 Å². The van der Waals surface area contributed by atoms with Crippen molar-refractivity contribution in [2.24, 2.45) is 14.1 Å². The molecule has 1 fully saturated rings. The number of rotatable bonds is 5. The summed E-state index contributed by atoms with van der Waals surface area (Å²) in [5.74, 6) is 0.495. The predicted molar refractivity (Wildman–Crippen MR) is 128 cm³/mol. The number of nitrogens with zero attached hydrogens (tertiary/aromatic N) is 9. The Bertz CT molecular complexity index is 1440. The Morgan fingerprint density at radius 3 is 2.26 bits per heavy atom. The SMILES string of the molecule is Cn1cc(-c2ncc3nc(Nc4ccc(N5CCOCC5)cc4)nn3c2-c2cnn(C)c2)cn1. The summed E-state index contributed by atoms with van der Waals surface area (Å²) >= 11 is 0. The average Bonchev–Trinajstić information content (AvgIpc) is 3.59. The van der Waals surface area contributed by atoms with Crippen LogP contribution < -0.4 is 10.2 Å². The van der Waals surface area contributed by atoms with Gasteiger partial charge in [-0.3, -0.25) is 9.36 Å². The molecule has 11 nitrogen and oxygen atoms in total. The van der Waals surface area contributed by atoms with Crippen molar-refractivity contribution in [2.45, 2.75) is 0 Å². The average molecular weight is 457 g/mol. The Hall–Kier alpha value is -4.25. The number of nitrogens with one attached hydrogen (secondary N) is 1. The van der Waals surface area contributed by atoms with Crippen LogP contribution in [0.15, 0.2) is 55.2 Å². The lowest BCUT2D eigenvalue weighted by Crippen LogP contribution is -2.36. The second-order valence-corrected chi connectivity index (χ2v) is 8.24. The Morgan fingerprint density at radius 2 is 1.59 bits per heavy atom. The molecule has 1 saturated heterocycles. The van der Waals surface area contributed by atoms with E-state index in [1.165, 1.54) is 5.69 Å². The van der Waals surface area contributed by atoms with Gasteiger partial charge in [0, 0.05) is 62.1 Å². The molecule has 0 radical (unpaired) electrons. The summed E-state index contributed by atoms with van der Waals surface area (Å²) in [6, 6.07) is 8.29. The topological polar surface area (TPSA) is 103 Å². The number of ether oxygens (including phenoxy) is 1. The molecule has 0 amide bonds. The third-order valence-corrected chi connectivity index (χ3v) is 5.83. The van der Waals surface area contributed by atoms with Gasteiger partial charge >= 0.3 is 0 Å². The fraction of sp³-hybridized carbons (Fsp3) is 0.261. The maximum atomic E-state index is 5.45. The summed E-state index contributed by atoms with van der Waals surface area (Å²) in [7, 11) is 3.77. The van der Waals surface area contributed by atoms with Crippen molar-refractivity contribution in [3.63, 3.8) is 0 Å². The highest BCUT2D eigenvalue weighted by molar-refractivity contribution is 5.79. The zero-order chi connectivity index (χ0) is 23.1. The fourth-order valence-electron chi connectivity index (χ4n) is 4.17. The molecule has 0 aliphatic carbocycles. The second-order valence-electron chi connectivity index (χ2n) is 8.24. The largest absolute Gasteiger partial charge is 0.378 e. The van der Waals surface area contributed by atoms with Crippen LogP contribution in [-0.2, 0) is 18.8 Å². The van der Waals surface area contributed by atoms with E-state index in [0.717, 1.165) is 54.5 Å². The van der Waals surface area contributed by atoms with Gasteiger partial charge in [-0.05, 0) is 24.3 Å². The van der Waals surface area contributed by atoms with Gasteiger partial charge in [0.25, 0.3) is 0 Å². The van der Waals surface area contributed by atoms with E-state index in [-0.39, 0.29) is 0 Å². The van der Waals surface area contributed by atoms with E-state index in [1.54, 1.807) is 32.5 Å². The van der Waals surface area contributed by atoms with Crippen molar-refractivity contribution >= 4 is 23.0 Å².